The number of benzene rings is 1. The molecule has 4 nitrogen and oxygen atoms in total. The topological polar surface area (TPSA) is 63.4 Å². The fourth-order valence-electron chi connectivity index (χ4n) is 2.03. The maximum absolute atomic E-state index is 12.8. The Morgan fingerprint density at radius 2 is 1.70 bits per heavy atom. The number of nitrogens with two attached hydrogens (primary N) is 1. The minimum Gasteiger partial charge on any atom is -0.399 e. The van der Waals surface area contributed by atoms with Gasteiger partial charge in [-0.25, -0.2) is 8.42 Å². The number of sulfonamides is 1. The number of nitrogens with zero attached hydrogens (tertiary/aromatic N) is 1. The van der Waals surface area contributed by atoms with Crippen LogP contribution in [-0.4, -0.2) is 25.8 Å². The van der Waals surface area contributed by atoms with E-state index in [0.717, 1.165) is 11.1 Å². The first-order valence-corrected chi connectivity index (χ1v) is 8.17. The summed E-state index contributed by atoms with van der Waals surface area (Å²) in [5.74, 6) is 0. The van der Waals surface area contributed by atoms with Crippen LogP contribution in [0.3, 0.4) is 0 Å². The maximum atomic E-state index is 12.8. The van der Waals surface area contributed by atoms with Crippen LogP contribution >= 0.6 is 0 Å². The van der Waals surface area contributed by atoms with Crippen molar-refractivity contribution < 1.29 is 8.42 Å². The molecule has 0 fully saturated rings. The third-order valence-corrected chi connectivity index (χ3v) is 6.15. The van der Waals surface area contributed by atoms with Crippen LogP contribution in [0.5, 0.6) is 0 Å². The van der Waals surface area contributed by atoms with Gasteiger partial charge in [0, 0.05) is 18.8 Å². The molecule has 1 atom stereocenters. The van der Waals surface area contributed by atoms with Gasteiger partial charge in [0.15, 0.2) is 0 Å². The molecule has 0 aliphatic carbocycles. The highest BCUT2D eigenvalue weighted by molar-refractivity contribution is 7.89. The van der Waals surface area contributed by atoms with Gasteiger partial charge in [-0.1, -0.05) is 20.8 Å². The molecule has 0 radical (unpaired) electrons. The Morgan fingerprint density at radius 1 is 1.20 bits per heavy atom. The van der Waals surface area contributed by atoms with Gasteiger partial charge in [-0.3, -0.25) is 0 Å². The zero-order valence-electron chi connectivity index (χ0n) is 13.5. The second-order valence-corrected chi connectivity index (χ2v) is 8.49. The fraction of sp³-hybridized carbons (Fsp3) is 0.600. The standard InChI is InChI=1S/C15H26N2O2S/c1-10-8-13(16)9-14(11(10)2)20(18,19)17(7)12(3)15(4,5)6/h8-9,12H,16H2,1-7H3. The van der Waals surface area contributed by atoms with E-state index >= 15 is 0 Å². The van der Waals surface area contributed by atoms with Crippen LogP contribution in [0.4, 0.5) is 5.69 Å². The number of rotatable bonds is 3. The highest BCUT2D eigenvalue weighted by Gasteiger charge is 2.33. The van der Waals surface area contributed by atoms with Crippen LogP contribution in [-0.2, 0) is 10.0 Å². The summed E-state index contributed by atoms with van der Waals surface area (Å²) in [5.41, 5.74) is 7.79. The van der Waals surface area contributed by atoms with Gasteiger partial charge in [0.25, 0.3) is 0 Å². The lowest BCUT2D eigenvalue weighted by atomic mass is 9.88. The summed E-state index contributed by atoms with van der Waals surface area (Å²) >= 11 is 0. The first-order chi connectivity index (χ1) is 8.89. The zero-order chi connectivity index (χ0) is 15.9. The van der Waals surface area contributed by atoms with Gasteiger partial charge in [-0.2, -0.15) is 4.31 Å². The number of nitrogen functional groups attached to an aromatic ring is 1. The molecule has 0 saturated carbocycles. The highest BCUT2D eigenvalue weighted by atomic mass is 32.2. The molecule has 0 aliphatic heterocycles. The summed E-state index contributed by atoms with van der Waals surface area (Å²) in [6.07, 6.45) is 0. The molecule has 1 aromatic rings. The lowest BCUT2D eigenvalue weighted by molar-refractivity contribution is 0.216. The molecule has 0 amide bonds. The van der Waals surface area contributed by atoms with Gasteiger partial charge in [0.2, 0.25) is 10.0 Å². The minimum absolute atomic E-state index is 0.117. The summed E-state index contributed by atoms with van der Waals surface area (Å²) in [4.78, 5) is 0.300. The number of aryl methyl sites for hydroxylation is 1. The summed E-state index contributed by atoms with van der Waals surface area (Å²) in [7, 11) is -1.92. The van der Waals surface area contributed by atoms with E-state index in [0.29, 0.717) is 10.6 Å². The maximum Gasteiger partial charge on any atom is 0.243 e. The Kier molecular flexibility index (Phi) is 4.56. The first kappa shape index (κ1) is 17.0. The van der Waals surface area contributed by atoms with E-state index in [1.54, 1.807) is 19.2 Å². The molecule has 20 heavy (non-hydrogen) atoms. The SMILES string of the molecule is Cc1cc(N)cc(S(=O)(=O)N(C)C(C)C(C)(C)C)c1C. The molecule has 2 N–H and O–H groups in total. The molecule has 0 bridgehead atoms. The molecule has 0 saturated heterocycles. The van der Waals surface area contributed by atoms with Gasteiger partial charge in [-0.05, 0) is 49.4 Å². The van der Waals surface area contributed by atoms with Crippen molar-refractivity contribution in [2.45, 2.75) is 52.5 Å². The van der Waals surface area contributed by atoms with Crippen LogP contribution < -0.4 is 5.73 Å². The van der Waals surface area contributed by atoms with Crippen molar-refractivity contribution in [1.82, 2.24) is 4.31 Å². The van der Waals surface area contributed by atoms with E-state index in [4.69, 9.17) is 5.73 Å². The van der Waals surface area contributed by atoms with Gasteiger partial charge in [0.05, 0.1) is 4.90 Å². The van der Waals surface area contributed by atoms with Crippen molar-refractivity contribution in [3.8, 4) is 0 Å². The van der Waals surface area contributed by atoms with Crippen LogP contribution in [0.2, 0.25) is 0 Å². The van der Waals surface area contributed by atoms with Crippen molar-refractivity contribution in [1.29, 1.82) is 0 Å². The fourth-order valence-corrected chi connectivity index (χ4v) is 3.91. The predicted molar refractivity (Wildman–Crippen MR) is 84.2 cm³/mol. The summed E-state index contributed by atoms with van der Waals surface area (Å²) < 4.78 is 27.1. The third-order valence-electron chi connectivity index (χ3n) is 4.10. The average Bonchev–Trinajstić information content (AvgIpc) is 2.30. The molecule has 1 rings (SSSR count). The van der Waals surface area contributed by atoms with Gasteiger partial charge < -0.3 is 5.73 Å². The number of anilines is 1. The largest absolute Gasteiger partial charge is 0.399 e. The van der Waals surface area contributed by atoms with Crippen molar-refractivity contribution in [2.24, 2.45) is 5.41 Å². The highest BCUT2D eigenvalue weighted by Crippen LogP contribution is 2.30. The average molecular weight is 298 g/mol. The molecular formula is C15H26N2O2S. The molecular weight excluding hydrogens is 272 g/mol. The molecule has 0 aliphatic rings. The second-order valence-electron chi connectivity index (χ2n) is 6.52. The van der Waals surface area contributed by atoms with Gasteiger partial charge in [0.1, 0.15) is 0 Å². The van der Waals surface area contributed by atoms with Crippen molar-refractivity contribution in [3.63, 3.8) is 0 Å². The summed E-state index contributed by atoms with van der Waals surface area (Å²) in [5, 5.41) is 0. The van der Waals surface area contributed by atoms with Crippen LogP contribution in [0.25, 0.3) is 0 Å². The smallest absolute Gasteiger partial charge is 0.243 e. The first-order valence-electron chi connectivity index (χ1n) is 6.73. The Bertz CT molecular complexity index is 601. The van der Waals surface area contributed by atoms with E-state index in [-0.39, 0.29) is 11.5 Å². The van der Waals surface area contributed by atoms with Crippen molar-refractivity contribution >= 4 is 15.7 Å². The molecule has 1 aromatic carbocycles. The van der Waals surface area contributed by atoms with E-state index in [1.165, 1.54) is 4.31 Å². The predicted octanol–water partition coefficient (Wildman–Crippen LogP) is 2.94. The van der Waals surface area contributed by atoms with E-state index in [1.807, 2.05) is 41.5 Å². The van der Waals surface area contributed by atoms with Crippen LogP contribution in [0, 0.1) is 19.3 Å². The monoisotopic (exact) mass is 298 g/mol. The van der Waals surface area contributed by atoms with E-state index in [2.05, 4.69) is 0 Å². The minimum atomic E-state index is -3.54. The Labute approximate surface area is 123 Å². The molecule has 0 heterocycles. The third kappa shape index (κ3) is 3.15. The second kappa shape index (κ2) is 5.37. The molecule has 1 unspecified atom stereocenters. The van der Waals surface area contributed by atoms with Gasteiger partial charge >= 0.3 is 0 Å². The lowest BCUT2D eigenvalue weighted by Crippen LogP contribution is -2.43. The molecule has 5 heteroatoms. The normalized spacial score (nSPS) is 14.6. The number of hydrogen-bond acceptors (Lipinski definition) is 3. The number of hydrogen-bond donors (Lipinski definition) is 1. The Balaban J connectivity index is 3.38. The van der Waals surface area contributed by atoms with E-state index < -0.39 is 10.0 Å². The lowest BCUT2D eigenvalue weighted by Gasteiger charge is -2.34. The van der Waals surface area contributed by atoms with Crippen molar-refractivity contribution in [3.05, 3.63) is 23.3 Å². The van der Waals surface area contributed by atoms with E-state index in [9.17, 15) is 8.42 Å². The Morgan fingerprint density at radius 3 is 2.15 bits per heavy atom. The quantitative estimate of drug-likeness (QED) is 0.873. The summed E-state index contributed by atoms with van der Waals surface area (Å²) in [6.45, 7) is 11.7. The Hall–Kier alpha value is -1.07. The zero-order valence-corrected chi connectivity index (χ0v) is 14.3. The summed E-state index contributed by atoms with van der Waals surface area (Å²) in [6, 6.07) is 3.22. The molecule has 114 valence electrons. The van der Waals surface area contributed by atoms with Crippen LogP contribution in [0.1, 0.15) is 38.8 Å². The van der Waals surface area contributed by atoms with Crippen LogP contribution in [0.15, 0.2) is 17.0 Å². The molecule has 0 aromatic heterocycles. The van der Waals surface area contributed by atoms with Gasteiger partial charge in [-0.15, -0.1) is 0 Å². The van der Waals surface area contributed by atoms with Crippen molar-refractivity contribution in [2.75, 3.05) is 12.8 Å². The molecule has 0 spiro atoms.